The van der Waals surface area contributed by atoms with Crippen molar-refractivity contribution in [2.24, 2.45) is 5.92 Å². The molecule has 5 fully saturated rings. The first kappa shape index (κ1) is 38.1. The smallest absolute Gasteiger partial charge is 0.315 e. The van der Waals surface area contributed by atoms with Crippen LogP contribution in [0.15, 0.2) is 30.4 Å². The minimum atomic E-state index is -3.97. The molecule has 14 nitrogen and oxygen atoms in total. The minimum Gasteiger partial charge on any atom is -0.497 e. The van der Waals surface area contributed by atoms with Gasteiger partial charge in [-0.05, 0) is 96.1 Å². The second-order valence-corrected chi connectivity index (χ2v) is 20.1. The van der Waals surface area contributed by atoms with E-state index in [4.69, 9.17) is 14.5 Å². The van der Waals surface area contributed by atoms with Gasteiger partial charge in [0.15, 0.2) is 0 Å². The fourth-order valence-electron chi connectivity index (χ4n) is 9.58. The predicted octanol–water partition coefficient (Wildman–Crippen LogP) is 4.40. The maximum atomic E-state index is 14.9. The van der Waals surface area contributed by atoms with Gasteiger partial charge in [-0.15, -0.1) is 0 Å². The van der Waals surface area contributed by atoms with Crippen LogP contribution in [-0.4, -0.2) is 89.7 Å². The van der Waals surface area contributed by atoms with Gasteiger partial charge < -0.3 is 30.3 Å². The second kappa shape index (κ2) is 14.2. The molecule has 1 aromatic heterocycles. The summed E-state index contributed by atoms with van der Waals surface area (Å²) in [4.78, 5) is 63.6. The third-order valence-electron chi connectivity index (χ3n) is 13.7. The summed E-state index contributed by atoms with van der Waals surface area (Å²) in [6.45, 7) is 1.72. The Balaban J connectivity index is 1.05. The highest BCUT2D eigenvalue weighted by molar-refractivity contribution is 7.91. The van der Waals surface area contributed by atoms with Crippen LogP contribution in [0.4, 0.5) is 4.79 Å². The van der Waals surface area contributed by atoms with Crippen molar-refractivity contribution < 1.29 is 37.1 Å². The Bertz CT molecular complexity index is 2150. The highest BCUT2D eigenvalue weighted by Gasteiger charge is 2.64. The molecule has 5 amide bonds. The van der Waals surface area contributed by atoms with E-state index in [1.165, 1.54) is 0 Å². The Morgan fingerprint density at radius 3 is 2.51 bits per heavy atom. The van der Waals surface area contributed by atoms with E-state index < -0.39 is 61.8 Å². The molecule has 4 heterocycles. The summed E-state index contributed by atoms with van der Waals surface area (Å²) in [5.74, 6) is -0.407. The molecule has 3 aliphatic heterocycles. The zero-order chi connectivity index (χ0) is 39.7. The second-order valence-electron chi connectivity index (χ2n) is 18.0. The summed E-state index contributed by atoms with van der Waals surface area (Å²) in [5, 5.41) is 9.99. The molecule has 57 heavy (non-hydrogen) atoms. The Morgan fingerprint density at radius 1 is 1.00 bits per heavy atom. The van der Waals surface area contributed by atoms with Crippen molar-refractivity contribution in [3.05, 3.63) is 41.6 Å². The normalized spacial score (nSPS) is 31.5. The number of nitrogens with one attached hydrogen (secondary N) is 4. The summed E-state index contributed by atoms with van der Waals surface area (Å²) in [6.07, 6.45) is 14.6. The van der Waals surface area contributed by atoms with Crippen molar-refractivity contribution in [1.82, 2.24) is 30.6 Å². The average Bonchev–Trinajstić information content (AvgIpc) is 4.15. The van der Waals surface area contributed by atoms with Crippen LogP contribution in [0.2, 0.25) is 0 Å². The summed E-state index contributed by atoms with van der Waals surface area (Å²) in [7, 11) is -2.34. The molecule has 0 bridgehead atoms. The van der Waals surface area contributed by atoms with E-state index in [-0.39, 0.29) is 37.3 Å². The lowest BCUT2D eigenvalue weighted by Gasteiger charge is -2.37. The van der Waals surface area contributed by atoms with Crippen LogP contribution < -0.4 is 30.1 Å². The molecule has 7 aliphatic rings. The van der Waals surface area contributed by atoms with Crippen molar-refractivity contribution in [2.45, 2.75) is 150 Å². The number of methoxy groups -OCH3 is 1. The topological polar surface area (TPSA) is 185 Å². The Kier molecular flexibility index (Phi) is 9.47. The average molecular weight is 803 g/mol. The van der Waals surface area contributed by atoms with E-state index in [1.54, 1.807) is 18.9 Å². The SMILES string of the molecule is COc1ccc2c3c(c(C4CC4)nc2c1)O[C@]1(CC3)C[C@H]2C(=O)N[C@]3(C(=O)NS(=O)(=O)C4(C)CC4)C[C@H]3/C=C\CCCC[C@H](NC(=O)NC3CCCC3)C(=O)N2C1. The van der Waals surface area contributed by atoms with Gasteiger partial charge in [-0.2, -0.15) is 0 Å². The van der Waals surface area contributed by atoms with Crippen molar-refractivity contribution in [3.63, 3.8) is 0 Å². The quantitative estimate of drug-likeness (QED) is 0.295. The highest BCUT2D eigenvalue weighted by atomic mass is 32.2. The number of carbonyl (C=O) groups is 4. The molecule has 0 radical (unpaired) electrons. The Morgan fingerprint density at radius 2 is 1.77 bits per heavy atom. The first-order valence-corrected chi connectivity index (χ1v) is 22.4. The number of pyridine rings is 1. The lowest BCUT2D eigenvalue weighted by atomic mass is 9.86. The fourth-order valence-corrected chi connectivity index (χ4v) is 10.9. The molecule has 1 aromatic carbocycles. The molecule has 5 atom stereocenters. The number of aryl methyl sites for hydroxylation is 1. The highest BCUT2D eigenvalue weighted by Crippen LogP contribution is 2.52. The van der Waals surface area contributed by atoms with Crippen molar-refractivity contribution in [1.29, 1.82) is 0 Å². The van der Waals surface area contributed by atoms with Crippen LogP contribution in [0.5, 0.6) is 11.5 Å². The third kappa shape index (κ3) is 7.11. The maximum absolute atomic E-state index is 14.9. The molecule has 0 unspecified atom stereocenters. The molecule has 15 heteroatoms. The van der Waals surface area contributed by atoms with Crippen molar-refractivity contribution in [3.8, 4) is 11.5 Å². The minimum absolute atomic E-state index is 0.0552. The number of urea groups is 1. The van der Waals surface area contributed by atoms with Gasteiger partial charge in [0.2, 0.25) is 21.8 Å². The van der Waals surface area contributed by atoms with Gasteiger partial charge in [0.1, 0.15) is 34.7 Å². The molecule has 306 valence electrons. The van der Waals surface area contributed by atoms with Gasteiger partial charge in [-0.1, -0.05) is 31.4 Å². The first-order chi connectivity index (χ1) is 27.3. The molecule has 9 rings (SSSR count). The molecule has 4 saturated carbocycles. The number of hydrogen-bond donors (Lipinski definition) is 4. The zero-order valence-electron chi connectivity index (χ0n) is 32.9. The summed E-state index contributed by atoms with van der Waals surface area (Å²) < 4.78 is 40.4. The third-order valence-corrected chi connectivity index (χ3v) is 15.9. The van der Waals surface area contributed by atoms with Crippen molar-refractivity contribution >= 4 is 44.7 Å². The Hall–Kier alpha value is -4.40. The van der Waals surface area contributed by atoms with E-state index in [9.17, 15) is 27.6 Å². The number of allylic oxidation sites excluding steroid dienone is 1. The summed E-state index contributed by atoms with van der Waals surface area (Å²) in [5.41, 5.74) is 0.347. The van der Waals surface area contributed by atoms with E-state index in [2.05, 4.69) is 20.7 Å². The number of rotatable bonds is 7. The number of benzene rings is 1. The zero-order valence-corrected chi connectivity index (χ0v) is 33.7. The van der Waals surface area contributed by atoms with Crippen molar-refractivity contribution in [2.75, 3.05) is 13.7 Å². The number of aromatic nitrogens is 1. The van der Waals surface area contributed by atoms with E-state index >= 15 is 0 Å². The standard InChI is InChI=1S/C42H54N6O8S/c1-40(19-20-40)57(53,54)47-38(51)42-22-26(42)9-5-3-4-6-12-31(45-39(52)43-27-10-7-8-11-27)37(50)48-24-41(23-33(48)36(49)46-42)18-17-30-29-16-15-28(55-2)21-32(29)44-34(25-13-14-25)35(30)56-41/h5,9,15-16,21,25-27,31,33H,3-4,6-8,10-14,17-20,22-24H2,1-2H3,(H,46,49)(H,47,51)(H2,43,45,52)/b9-5-/t26-,31+,33+,41-,42-/m1/s1. The number of amides is 5. The van der Waals surface area contributed by atoms with E-state index in [0.717, 1.165) is 72.9 Å². The lowest BCUT2D eigenvalue weighted by molar-refractivity contribution is -0.141. The monoisotopic (exact) mass is 802 g/mol. The van der Waals surface area contributed by atoms with Gasteiger partial charge in [0.25, 0.3) is 5.91 Å². The number of sulfonamides is 1. The molecular formula is C42H54N6O8S. The van der Waals surface area contributed by atoms with E-state index in [1.807, 2.05) is 30.4 Å². The lowest BCUT2D eigenvalue weighted by Crippen LogP contribution is -2.59. The van der Waals surface area contributed by atoms with Crippen LogP contribution in [-0.2, 0) is 30.8 Å². The van der Waals surface area contributed by atoms with Crippen LogP contribution in [0, 0.1) is 5.92 Å². The van der Waals surface area contributed by atoms with Gasteiger partial charge in [-0.25, -0.2) is 18.2 Å². The number of nitrogens with zero attached hydrogens (tertiary/aromatic N) is 2. The fraction of sp³-hybridized carbons (Fsp3) is 0.643. The molecule has 2 aromatic rings. The first-order valence-electron chi connectivity index (χ1n) is 21.0. The molecule has 1 saturated heterocycles. The number of hydrogen-bond acceptors (Lipinski definition) is 9. The predicted molar refractivity (Wildman–Crippen MR) is 211 cm³/mol. The number of ether oxygens (including phenoxy) is 2. The summed E-state index contributed by atoms with van der Waals surface area (Å²) >= 11 is 0. The Labute approximate surface area is 333 Å². The van der Waals surface area contributed by atoms with Gasteiger partial charge in [0, 0.05) is 41.3 Å². The summed E-state index contributed by atoms with van der Waals surface area (Å²) in [6, 6.07) is 3.59. The molecule has 1 spiro atoms. The van der Waals surface area contributed by atoms with Gasteiger partial charge in [0.05, 0.1) is 29.6 Å². The van der Waals surface area contributed by atoms with Crippen LogP contribution in [0.25, 0.3) is 10.9 Å². The van der Waals surface area contributed by atoms with Gasteiger partial charge >= 0.3 is 6.03 Å². The van der Waals surface area contributed by atoms with Crippen LogP contribution in [0.3, 0.4) is 0 Å². The van der Waals surface area contributed by atoms with Crippen LogP contribution >= 0.6 is 0 Å². The van der Waals surface area contributed by atoms with Crippen LogP contribution in [0.1, 0.15) is 120 Å². The molecule has 4 N–H and O–H groups in total. The maximum Gasteiger partial charge on any atom is 0.315 e. The molecule has 4 aliphatic carbocycles. The number of fused-ring (bicyclic) bond motifs is 5. The molecular weight excluding hydrogens is 749 g/mol. The largest absolute Gasteiger partial charge is 0.497 e. The van der Waals surface area contributed by atoms with Gasteiger partial charge in [-0.3, -0.25) is 19.1 Å². The number of carbonyl (C=O) groups excluding carboxylic acids is 4. The van der Waals surface area contributed by atoms with E-state index in [0.29, 0.717) is 50.7 Å².